The van der Waals surface area contributed by atoms with E-state index in [1.165, 1.54) is 0 Å². The molecule has 1 aromatic carbocycles. The molecule has 6 heteroatoms. The third kappa shape index (κ3) is 3.06. The van der Waals surface area contributed by atoms with Crippen LogP contribution in [0.15, 0.2) is 48.0 Å². The lowest BCUT2D eigenvalue weighted by Crippen LogP contribution is -2.33. The fraction of sp³-hybridized carbons (Fsp3) is 0.294. The molecule has 0 aliphatic carbocycles. The maximum absolute atomic E-state index is 10.5. The van der Waals surface area contributed by atoms with Gasteiger partial charge in [-0.25, -0.2) is 4.98 Å². The molecule has 0 amide bonds. The van der Waals surface area contributed by atoms with Crippen molar-refractivity contribution >= 4 is 11.3 Å². The van der Waals surface area contributed by atoms with Crippen molar-refractivity contribution in [3.8, 4) is 0 Å². The fourth-order valence-corrected chi connectivity index (χ4v) is 3.60. The molecule has 0 radical (unpaired) electrons. The van der Waals surface area contributed by atoms with Crippen LogP contribution >= 0.6 is 11.3 Å². The van der Waals surface area contributed by atoms with Crippen LogP contribution in [0.1, 0.15) is 28.1 Å². The normalized spacial score (nSPS) is 16.2. The van der Waals surface area contributed by atoms with Crippen LogP contribution in [0.5, 0.6) is 0 Å². The molecule has 2 aromatic heterocycles. The highest BCUT2D eigenvalue weighted by Gasteiger charge is 2.22. The Labute approximate surface area is 138 Å². The Kier molecular flexibility index (Phi) is 3.95. The standard InChI is InChI=1S/C17H18N4OS/c22-17(13-4-2-1-3-5-13)15-10-14-11-20(7-8-21(14)19-15)12-16-18-6-9-23-16/h1-6,9-10,17,22H,7-8,11-12H2/t17-/m1/s1. The molecule has 0 bridgehead atoms. The number of aliphatic hydroxyl groups is 1. The largest absolute Gasteiger partial charge is 0.382 e. The lowest BCUT2D eigenvalue weighted by atomic mass is 10.1. The first-order valence-electron chi connectivity index (χ1n) is 7.70. The lowest BCUT2D eigenvalue weighted by Gasteiger charge is -2.26. The minimum Gasteiger partial charge on any atom is -0.382 e. The zero-order valence-electron chi connectivity index (χ0n) is 12.7. The molecular formula is C17H18N4OS. The highest BCUT2D eigenvalue weighted by molar-refractivity contribution is 7.09. The van der Waals surface area contributed by atoms with Gasteiger partial charge in [0.25, 0.3) is 0 Å². The molecular weight excluding hydrogens is 308 g/mol. The van der Waals surface area contributed by atoms with Crippen LogP contribution in [0, 0.1) is 0 Å². The predicted molar refractivity (Wildman–Crippen MR) is 89.0 cm³/mol. The summed E-state index contributed by atoms with van der Waals surface area (Å²) >= 11 is 1.69. The summed E-state index contributed by atoms with van der Waals surface area (Å²) in [6.07, 6.45) is 1.18. The molecule has 0 fully saturated rings. The number of hydrogen-bond acceptors (Lipinski definition) is 5. The summed E-state index contributed by atoms with van der Waals surface area (Å²) in [5.74, 6) is 0. The Balaban J connectivity index is 1.51. The highest BCUT2D eigenvalue weighted by Crippen LogP contribution is 2.24. The van der Waals surface area contributed by atoms with Gasteiger partial charge < -0.3 is 5.11 Å². The van der Waals surface area contributed by atoms with Gasteiger partial charge in [-0.15, -0.1) is 11.3 Å². The number of fused-ring (bicyclic) bond motifs is 1. The number of benzene rings is 1. The molecule has 0 saturated carbocycles. The van der Waals surface area contributed by atoms with Crippen molar-refractivity contribution in [1.82, 2.24) is 19.7 Å². The Bertz CT molecular complexity index is 769. The van der Waals surface area contributed by atoms with E-state index in [1.807, 2.05) is 52.7 Å². The van der Waals surface area contributed by atoms with Gasteiger partial charge in [-0.3, -0.25) is 9.58 Å². The second-order valence-electron chi connectivity index (χ2n) is 5.73. The molecule has 0 saturated heterocycles. The average Bonchev–Trinajstić information content (AvgIpc) is 3.24. The van der Waals surface area contributed by atoms with Crippen LogP contribution in [0.2, 0.25) is 0 Å². The van der Waals surface area contributed by atoms with Crippen LogP contribution in [-0.2, 0) is 19.6 Å². The van der Waals surface area contributed by atoms with Gasteiger partial charge in [0.1, 0.15) is 11.1 Å². The highest BCUT2D eigenvalue weighted by atomic mass is 32.1. The smallest absolute Gasteiger partial charge is 0.123 e. The maximum atomic E-state index is 10.5. The second-order valence-corrected chi connectivity index (χ2v) is 6.71. The van der Waals surface area contributed by atoms with E-state index >= 15 is 0 Å². The number of nitrogens with zero attached hydrogens (tertiary/aromatic N) is 4. The summed E-state index contributed by atoms with van der Waals surface area (Å²) in [6, 6.07) is 11.7. The van der Waals surface area contributed by atoms with Crippen molar-refractivity contribution in [2.45, 2.75) is 25.7 Å². The minimum absolute atomic E-state index is 0.665. The number of aliphatic hydroxyl groups excluding tert-OH is 1. The van der Waals surface area contributed by atoms with Crippen LogP contribution in [0.25, 0.3) is 0 Å². The van der Waals surface area contributed by atoms with Gasteiger partial charge in [0, 0.05) is 24.7 Å². The van der Waals surface area contributed by atoms with Gasteiger partial charge in [-0.05, 0) is 11.6 Å². The molecule has 118 valence electrons. The molecule has 3 heterocycles. The van der Waals surface area contributed by atoms with Crippen LogP contribution < -0.4 is 0 Å². The first kappa shape index (κ1) is 14.6. The Hall–Kier alpha value is -2.02. The molecule has 1 aliphatic heterocycles. The van der Waals surface area contributed by atoms with Crippen LogP contribution in [0.3, 0.4) is 0 Å². The fourth-order valence-electron chi connectivity index (χ4n) is 2.94. The van der Waals surface area contributed by atoms with E-state index in [2.05, 4.69) is 15.0 Å². The zero-order valence-corrected chi connectivity index (χ0v) is 13.5. The van der Waals surface area contributed by atoms with E-state index in [0.29, 0.717) is 0 Å². The topological polar surface area (TPSA) is 54.2 Å². The Morgan fingerprint density at radius 1 is 1.22 bits per heavy atom. The zero-order chi connectivity index (χ0) is 15.6. The maximum Gasteiger partial charge on any atom is 0.123 e. The van der Waals surface area contributed by atoms with Gasteiger partial charge in [0.05, 0.1) is 24.5 Å². The quantitative estimate of drug-likeness (QED) is 0.800. The second kappa shape index (κ2) is 6.23. The van der Waals surface area contributed by atoms with E-state index in [9.17, 15) is 5.11 Å². The first-order valence-corrected chi connectivity index (χ1v) is 8.58. The van der Waals surface area contributed by atoms with E-state index in [4.69, 9.17) is 0 Å². The summed E-state index contributed by atoms with van der Waals surface area (Å²) < 4.78 is 2.01. The molecule has 5 nitrogen and oxygen atoms in total. The van der Waals surface area contributed by atoms with Crippen LogP contribution in [0.4, 0.5) is 0 Å². The number of thiazole rings is 1. The summed E-state index contributed by atoms with van der Waals surface area (Å²) in [5.41, 5.74) is 2.75. The number of aromatic nitrogens is 3. The van der Waals surface area contributed by atoms with Gasteiger partial charge in [-0.2, -0.15) is 5.10 Å². The SMILES string of the molecule is O[C@H](c1ccccc1)c1cc2n(n1)CCN(Cc1nccs1)C2. The van der Waals surface area contributed by atoms with Gasteiger partial charge in [0.15, 0.2) is 0 Å². The van der Waals surface area contributed by atoms with E-state index in [1.54, 1.807) is 11.3 Å². The van der Waals surface area contributed by atoms with Crippen LogP contribution in [-0.4, -0.2) is 31.3 Å². The van der Waals surface area contributed by atoms with E-state index in [0.717, 1.165) is 48.1 Å². The molecule has 4 rings (SSSR count). The van der Waals surface area contributed by atoms with Crippen molar-refractivity contribution in [2.24, 2.45) is 0 Å². The Morgan fingerprint density at radius 3 is 2.87 bits per heavy atom. The van der Waals surface area contributed by atoms with E-state index < -0.39 is 6.10 Å². The summed E-state index contributed by atoms with van der Waals surface area (Å²) in [5, 5.41) is 18.3. The minimum atomic E-state index is -0.665. The molecule has 1 atom stereocenters. The van der Waals surface area contributed by atoms with Crippen molar-refractivity contribution in [2.75, 3.05) is 6.54 Å². The predicted octanol–water partition coefficient (Wildman–Crippen LogP) is 2.44. The molecule has 0 unspecified atom stereocenters. The molecule has 1 aliphatic rings. The van der Waals surface area contributed by atoms with Crippen molar-refractivity contribution in [3.05, 3.63) is 69.9 Å². The lowest BCUT2D eigenvalue weighted by molar-refractivity contribution is 0.200. The summed E-state index contributed by atoms with van der Waals surface area (Å²) in [6.45, 7) is 3.52. The average molecular weight is 326 g/mol. The van der Waals surface area contributed by atoms with Gasteiger partial charge in [0.2, 0.25) is 0 Å². The molecule has 1 N–H and O–H groups in total. The van der Waals surface area contributed by atoms with Crippen molar-refractivity contribution < 1.29 is 5.11 Å². The third-order valence-electron chi connectivity index (χ3n) is 4.13. The van der Waals surface area contributed by atoms with Crippen molar-refractivity contribution in [3.63, 3.8) is 0 Å². The molecule has 0 spiro atoms. The summed E-state index contributed by atoms with van der Waals surface area (Å²) in [7, 11) is 0. The Morgan fingerprint density at radius 2 is 2.09 bits per heavy atom. The summed E-state index contributed by atoms with van der Waals surface area (Å²) in [4.78, 5) is 6.72. The first-order chi connectivity index (χ1) is 11.3. The third-order valence-corrected chi connectivity index (χ3v) is 4.90. The van der Waals surface area contributed by atoms with Gasteiger partial charge in [-0.1, -0.05) is 30.3 Å². The van der Waals surface area contributed by atoms with Crippen molar-refractivity contribution in [1.29, 1.82) is 0 Å². The number of rotatable bonds is 4. The monoisotopic (exact) mass is 326 g/mol. The van der Waals surface area contributed by atoms with Gasteiger partial charge >= 0.3 is 0 Å². The molecule has 23 heavy (non-hydrogen) atoms. The number of hydrogen-bond donors (Lipinski definition) is 1. The molecule has 3 aromatic rings. The van der Waals surface area contributed by atoms with E-state index in [-0.39, 0.29) is 0 Å².